The number of esters is 1. The minimum absolute atomic E-state index is 0.00899. The number of benzene rings is 3. The highest BCUT2D eigenvalue weighted by atomic mass is 16.5. The highest BCUT2D eigenvalue weighted by Crippen LogP contribution is 2.52. The molecule has 0 aliphatic carbocycles. The molecule has 2 aliphatic rings. The summed E-state index contributed by atoms with van der Waals surface area (Å²) in [4.78, 5) is 12.6. The number of aliphatic hydroxyl groups excluding tert-OH is 1. The molecule has 36 heavy (non-hydrogen) atoms. The number of carbonyl (C=O) groups excluding carboxylic acids is 1. The third-order valence-corrected chi connectivity index (χ3v) is 6.52. The lowest BCUT2D eigenvalue weighted by Gasteiger charge is -2.35. The Morgan fingerprint density at radius 1 is 0.861 bits per heavy atom. The molecular formula is C26H24O10. The zero-order chi connectivity index (χ0) is 25.7. The number of hydrogen-bond donors (Lipinski definition) is 5. The van der Waals surface area contributed by atoms with Gasteiger partial charge in [-0.1, -0.05) is 6.07 Å². The van der Waals surface area contributed by atoms with Crippen molar-refractivity contribution in [2.24, 2.45) is 0 Å². The van der Waals surface area contributed by atoms with E-state index in [2.05, 4.69) is 0 Å². The van der Waals surface area contributed by atoms with E-state index in [0.717, 1.165) is 0 Å². The first-order valence-corrected chi connectivity index (χ1v) is 11.1. The number of hydrogen-bond acceptors (Lipinski definition) is 10. The summed E-state index contributed by atoms with van der Waals surface area (Å²) < 4.78 is 21.6. The van der Waals surface area contributed by atoms with Crippen LogP contribution in [0.5, 0.6) is 46.0 Å². The van der Waals surface area contributed by atoms with Crippen molar-refractivity contribution in [2.75, 3.05) is 14.2 Å². The highest BCUT2D eigenvalue weighted by molar-refractivity contribution is 5.80. The van der Waals surface area contributed by atoms with Crippen LogP contribution in [0.25, 0.3) is 0 Å². The van der Waals surface area contributed by atoms with E-state index in [1.807, 2.05) is 0 Å². The van der Waals surface area contributed by atoms with Gasteiger partial charge in [-0.15, -0.1) is 0 Å². The standard InChI is InChI=1S/C26H24O10/c1-33-21-7-11(3-4-15(21)27)13-9-22(32)36-25-14-8-19(31)24(35-20(14)10-16(28)23(13)25)12-5-17(29)26(34-2)18(30)6-12/h3-7,10,13,19,24,27-31H,8-9H2,1-2H3/t13-,19+,24-/m1/s1. The molecule has 0 fully saturated rings. The summed E-state index contributed by atoms with van der Waals surface area (Å²) in [5.74, 6) is -1.62. The molecule has 0 bridgehead atoms. The third-order valence-electron chi connectivity index (χ3n) is 6.52. The monoisotopic (exact) mass is 496 g/mol. The number of fused-ring (bicyclic) bond motifs is 3. The van der Waals surface area contributed by atoms with Crippen LogP contribution < -0.4 is 18.9 Å². The lowest BCUT2D eigenvalue weighted by molar-refractivity contribution is -0.135. The van der Waals surface area contributed by atoms with Crippen molar-refractivity contribution >= 4 is 5.97 Å². The summed E-state index contributed by atoms with van der Waals surface area (Å²) in [6, 6.07) is 8.67. The Labute approximate surface area is 205 Å². The molecule has 5 N–H and O–H groups in total. The predicted molar refractivity (Wildman–Crippen MR) is 124 cm³/mol. The van der Waals surface area contributed by atoms with Gasteiger partial charge in [-0.3, -0.25) is 4.79 Å². The maximum Gasteiger partial charge on any atom is 0.312 e. The van der Waals surface area contributed by atoms with Crippen molar-refractivity contribution in [1.82, 2.24) is 0 Å². The quantitative estimate of drug-likeness (QED) is 0.269. The smallest absolute Gasteiger partial charge is 0.312 e. The maximum absolute atomic E-state index is 12.6. The number of carbonyl (C=O) groups is 1. The molecule has 10 nitrogen and oxygen atoms in total. The molecule has 3 aromatic rings. The van der Waals surface area contributed by atoms with E-state index in [9.17, 15) is 30.3 Å². The summed E-state index contributed by atoms with van der Waals surface area (Å²) in [7, 11) is 2.71. The van der Waals surface area contributed by atoms with Gasteiger partial charge in [-0.2, -0.15) is 0 Å². The van der Waals surface area contributed by atoms with Crippen molar-refractivity contribution < 1.29 is 49.3 Å². The SMILES string of the molecule is COc1cc([C@H]2CC(=O)Oc3c4c(cc(O)c32)O[C@H](c2cc(O)c(OC)c(O)c2)[C@@H](O)C4)ccc1O. The van der Waals surface area contributed by atoms with E-state index in [0.29, 0.717) is 16.7 Å². The predicted octanol–water partition coefficient (Wildman–Crippen LogP) is 3.00. The van der Waals surface area contributed by atoms with Gasteiger partial charge in [-0.25, -0.2) is 0 Å². The van der Waals surface area contributed by atoms with Gasteiger partial charge in [0.2, 0.25) is 5.75 Å². The van der Waals surface area contributed by atoms with Gasteiger partial charge < -0.3 is 44.5 Å². The van der Waals surface area contributed by atoms with Crippen molar-refractivity contribution in [3.63, 3.8) is 0 Å². The van der Waals surface area contributed by atoms with Gasteiger partial charge in [0.05, 0.1) is 26.7 Å². The Morgan fingerprint density at radius 3 is 2.25 bits per heavy atom. The number of aliphatic hydroxyl groups is 1. The van der Waals surface area contributed by atoms with E-state index in [1.165, 1.54) is 38.5 Å². The van der Waals surface area contributed by atoms with E-state index in [4.69, 9.17) is 18.9 Å². The van der Waals surface area contributed by atoms with Gasteiger partial charge in [0.15, 0.2) is 29.1 Å². The third kappa shape index (κ3) is 3.75. The first-order chi connectivity index (χ1) is 17.2. The molecule has 188 valence electrons. The van der Waals surface area contributed by atoms with Gasteiger partial charge in [0.1, 0.15) is 17.2 Å². The highest BCUT2D eigenvalue weighted by Gasteiger charge is 2.39. The van der Waals surface area contributed by atoms with Gasteiger partial charge in [0.25, 0.3) is 0 Å². The molecule has 0 aromatic heterocycles. The van der Waals surface area contributed by atoms with Gasteiger partial charge >= 0.3 is 5.97 Å². The van der Waals surface area contributed by atoms with Crippen LogP contribution in [0.15, 0.2) is 36.4 Å². The minimum Gasteiger partial charge on any atom is -0.507 e. The number of rotatable bonds is 4. The van der Waals surface area contributed by atoms with Crippen LogP contribution in [0.3, 0.4) is 0 Å². The zero-order valence-electron chi connectivity index (χ0n) is 19.4. The lowest BCUT2D eigenvalue weighted by atomic mass is 9.82. The number of phenols is 4. The van der Waals surface area contributed by atoms with Crippen LogP contribution in [-0.4, -0.2) is 51.8 Å². The average molecular weight is 496 g/mol. The molecule has 3 aromatic carbocycles. The van der Waals surface area contributed by atoms with E-state index >= 15 is 0 Å². The van der Waals surface area contributed by atoms with Crippen LogP contribution in [-0.2, 0) is 11.2 Å². The number of phenolic OH excluding ortho intramolecular Hbond substituents is 4. The molecule has 3 atom stereocenters. The van der Waals surface area contributed by atoms with E-state index < -0.39 is 24.1 Å². The van der Waals surface area contributed by atoms with Crippen molar-refractivity contribution in [2.45, 2.75) is 31.0 Å². The molecule has 0 spiro atoms. The van der Waals surface area contributed by atoms with Crippen molar-refractivity contribution in [1.29, 1.82) is 0 Å². The fourth-order valence-corrected chi connectivity index (χ4v) is 4.87. The Bertz CT molecular complexity index is 1340. The fourth-order valence-electron chi connectivity index (χ4n) is 4.87. The van der Waals surface area contributed by atoms with E-state index in [1.54, 1.807) is 12.1 Å². The fraction of sp³-hybridized carbons (Fsp3) is 0.269. The van der Waals surface area contributed by atoms with Crippen LogP contribution in [0, 0.1) is 0 Å². The molecule has 0 amide bonds. The molecule has 10 heteroatoms. The van der Waals surface area contributed by atoms with Crippen LogP contribution >= 0.6 is 0 Å². The summed E-state index contributed by atoms with van der Waals surface area (Å²) in [5, 5.41) is 52.2. The molecule has 0 radical (unpaired) electrons. The molecule has 2 heterocycles. The largest absolute Gasteiger partial charge is 0.507 e. The second-order valence-electron chi connectivity index (χ2n) is 8.68. The average Bonchev–Trinajstić information content (AvgIpc) is 2.84. The molecule has 0 unspecified atom stereocenters. The first kappa shape index (κ1) is 23.4. The molecule has 5 rings (SSSR count). The molecule has 0 saturated carbocycles. The summed E-state index contributed by atoms with van der Waals surface area (Å²) in [6.07, 6.45) is -2.17. The van der Waals surface area contributed by atoms with Crippen molar-refractivity contribution in [3.05, 3.63) is 58.7 Å². The molecule has 0 saturated heterocycles. The Kier molecular flexibility index (Phi) is 5.68. The zero-order valence-corrected chi connectivity index (χ0v) is 19.4. The summed E-state index contributed by atoms with van der Waals surface area (Å²) >= 11 is 0. The topological polar surface area (TPSA) is 155 Å². The molecule has 2 aliphatic heterocycles. The normalized spacial score (nSPS) is 20.5. The molecular weight excluding hydrogens is 472 g/mol. The second kappa shape index (κ2) is 8.72. The maximum atomic E-state index is 12.6. The lowest BCUT2D eigenvalue weighted by Crippen LogP contribution is -2.32. The van der Waals surface area contributed by atoms with Crippen LogP contribution in [0.4, 0.5) is 0 Å². The Balaban J connectivity index is 1.57. The van der Waals surface area contributed by atoms with Crippen LogP contribution in [0.2, 0.25) is 0 Å². The Morgan fingerprint density at radius 2 is 1.58 bits per heavy atom. The Hall–Kier alpha value is -4.31. The van der Waals surface area contributed by atoms with E-state index in [-0.39, 0.29) is 64.4 Å². The number of methoxy groups -OCH3 is 2. The summed E-state index contributed by atoms with van der Waals surface area (Å²) in [6.45, 7) is 0. The van der Waals surface area contributed by atoms with Crippen LogP contribution in [0.1, 0.15) is 40.7 Å². The number of aromatic hydroxyl groups is 4. The van der Waals surface area contributed by atoms with Gasteiger partial charge in [-0.05, 0) is 29.8 Å². The van der Waals surface area contributed by atoms with Crippen molar-refractivity contribution in [3.8, 4) is 46.0 Å². The minimum atomic E-state index is -1.13. The van der Waals surface area contributed by atoms with Gasteiger partial charge in [0, 0.05) is 35.1 Å². The number of ether oxygens (including phenoxy) is 4. The first-order valence-electron chi connectivity index (χ1n) is 11.1. The summed E-state index contributed by atoms with van der Waals surface area (Å²) in [5.41, 5.74) is 1.66. The second-order valence-corrected chi connectivity index (χ2v) is 8.68.